The molecule has 0 bridgehead atoms. The number of esters is 2. The molecule has 2 atom stereocenters. The number of ether oxygens (including phenoxy) is 2. The van der Waals surface area contributed by atoms with Crippen molar-refractivity contribution in [2.24, 2.45) is 5.92 Å². The van der Waals surface area contributed by atoms with Gasteiger partial charge in [0.2, 0.25) is 5.91 Å². The number of aromatic nitrogens is 2. The maximum atomic E-state index is 14.5. The molecule has 3 aromatic carbocycles. The summed E-state index contributed by atoms with van der Waals surface area (Å²) < 4.78 is 12.3. The molecular formula is C42H48ClN3O7. The number of anilines is 1. The van der Waals surface area contributed by atoms with Gasteiger partial charge in [-0.1, -0.05) is 119 Å². The topological polar surface area (TPSA) is 134 Å². The third-order valence-corrected chi connectivity index (χ3v) is 9.97. The van der Waals surface area contributed by atoms with E-state index in [-0.39, 0.29) is 40.8 Å². The summed E-state index contributed by atoms with van der Waals surface area (Å²) in [6.07, 6.45) is 11.6. The quantitative estimate of drug-likeness (QED) is 0.0611. The fourth-order valence-electron chi connectivity index (χ4n) is 6.69. The van der Waals surface area contributed by atoms with Crippen molar-refractivity contribution in [2.45, 2.75) is 103 Å². The second-order valence-electron chi connectivity index (χ2n) is 14.1. The van der Waals surface area contributed by atoms with Crippen LogP contribution in [0.15, 0.2) is 77.6 Å². The fraction of sp³-hybridized carbons (Fsp3) is 0.429. The minimum atomic E-state index is -1.62. The van der Waals surface area contributed by atoms with Gasteiger partial charge >= 0.3 is 11.9 Å². The van der Waals surface area contributed by atoms with Crippen LogP contribution >= 0.6 is 11.6 Å². The highest BCUT2D eigenvalue weighted by Crippen LogP contribution is 2.38. The highest BCUT2D eigenvalue weighted by Gasteiger charge is 2.56. The van der Waals surface area contributed by atoms with Crippen molar-refractivity contribution in [1.29, 1.82) is 0 Å². The van der Waals surface area contributed by atoms with Gasteiger partial charge in [-0.2, -0.15) is 0 Å². The summed E-state index contributed by atoms with van der Waals surface area (Å²) in [6.45, 7) is 5.39. The van der Waals surface area contributed by atoms with Crippen molar-refractivity contribution in [3.05, 3.63) is 105 Å². The maximum absolute atomic E-state index is 14.5. The van der Waals surface area contributed by atoms with Gasteiger partial charge in [-0.25, -0.2) is 9.78 Å². The monoisotopic (exact) mass is 741 g/mol. The van der Waals surface area contributed by atoms with E-state index < -0.39 is 46.6 Å². The van der Waals surface area contributed by atoms with Crippen molar-refractivity contribution in [3.63, 3.8) is 0 Å². The van der Waals surface area contributed by atoms with E-state index in [0.717, 1.165) is 24.8 Å². The van der Waals surface area contributed by atoms with Gasteiger partial charge in [0, 0.05) is 0 Å². The molecule has 0 saturated carbocycles. The van der Waals surface area contributed by atoms with Crippen LogP contribution in [0, 0.1) is 5.92 Å². The third kappa shape index (κ3) is 9.79. The van der Waals surface area contributed by atoms with Crippen LogP contribution in [-0.2, 0) is 30.4 Å². The molecule has 4 aromatic rings. The first-order chi connectivity index (χ1) is 25.5. The van der Waals surface area contributed by atoms with Crippen LogP contribution < -0.4 is 10.9 Å². The Bertz CT molecular complexity index is 1990. The summed E-state index contributed by atoms with van der Waals surface area (Å²) in [5.74, 6) is -6.26. The lowest BCUT2D eigenvalue weighted by molar-refractivity contribution is -0.150. The Hall–Kier alpha value is -4.83. The molecular weight excluding hydrogens is 694 g/mol. The Morgan fingerprint density at radius 2 is 1.53 bits per heavy atom. The van der Waals surface area contributed by atoms with E-state index in [9.17, 15) is 24.0 Å². The third-order valence-electron chi connectivity index (χ3n) is 9.65. The number of para-hydroxylation sites is 1. The SMILES string of the molecule is CCCCCCCCCCCCOC(=O)c1ccc(Cl)c(NC(=O)C(c2nc3ccccc3c(=O)n2Cc2ccccc2)C2C(=O)OC(C)(C)C2=O)c1. The second kappa shape index (κ2) is 18.3. The minimum absolute atomic E-state index is 0.0110. The van der Waals surface area contributed by atoms with E-state index in [1.807, 2.05) is 30.3 Å². The van der Waals surface area contributed by atoms with E-state index in [2.05, 4.69) is 12.2 Å². The van der Waals surface area contributed by atoms with Crippen LogP contribution in [0.5, 0.6) is 0 Å². The first-order valence-corrected chi connectivity index (χ1v) is 19.0. The van der Waals surface area contributed by atoms with Gasteiger partial charge in [0.1, 0.15) is 17.7 Å². The van der Waals surface area contributed by atoms with Gasteiger partial charge in [0.05, 0.1) is 40.3 Å². The molecule has 2 heterocycles. The van der Waals surface area contributed by atoms with Crippen LogP contribution in [0.2, 0.25) is 5.02 Å². The molecule has 280 valence electrons. The Kier molecular flexibility index (Phi) is 13.6. The molecule has 1 saturated heterocycles. The zero-order valence-corrected chi connectivity index (χ0v) is 31.5. The summed E-state index contributed by atoms with van der Waals surface area (Å²) in [5, 5.41) is 3.14. The number of amides is 1. The number of rotatable bonds is 18. The van der Waals surface area contributed by atoms with Crippen molar-refractivity contribution in [1.82, 2.24) is 9.55 Å². The first-order valence-electron chi connectivity index (χ1n) is 18.6. The predicted molar refractivity (Wildman–Crippen MR) is 205 cm³/mol. The molecule has 1 N–H and O–H groups in total. The fourth-order valence-corrected chi connectivity index (χ4v) is 6.85. The molecule has 1 aromatic heterocycles. The number of fused-ring (bicyclic) bond motifs is 1. The van der Waals surface area contributed by atoms with Crippen molar-refractivity contribution in [3.8, 4) is 0 Å². The zero-order chi connectivity index (χ0) is 38.0. The van der Waals surface area contributed by atoms with E-state index in [1.165, 1.54) is 81.6 Å². The lowest BCUT2D eigenvalue weighted by Crippen LogP contribution is -2.40. The molecule has 0 spiro atoms. The lowest BCUT2D eigenvalue weighted by Gasteiger charge is -2.24. The standard InChI is InChI=1S/C42H48ClN3O7/c1-4-5-6-7-8-9-10-11-12-18-25-52-40(50)29-23-24-31(43)33(26-29)45-38(48)35(34-36(47)42(2,3)53-41(34)51)37-44-32-22-17-16-21-30(32)39(49)46(37)27-28-19-14-13-15-20-28/h13-17,19-24,26,34-35H,4-12,18,25,27H2,1-3H3,(H,45,48). The number of carbonyl (C=O) groups is 4. The van der Waals surface area contributed by atoms with Gasteiger partial charge in [-0.3, -0.25) is 23.7 Å². The number of halogens is 1. The number of Topliss-reactive ketones (excluding diaryl/α,β-unsaturated/α-hetero) is 1. The van der Waals surface area contributed by atoms with Crippen molar-refractivity contribution < 1.29 is 28.7 Å². The number of hydrogen-bond donors (Lipinski definition) is 1. The van der Waals surface area contributed by atoms with E-state index in [1.54, 1.807) is 24.3 Å². The van der Waals surface area contributed by atoms with Gasteiger partial charge in [-0.15, -0.1) is 0 Å². The lowest BCUT2D eigenvalue weighted by atomic mass is 9.83. The number of hydrogen-bond acceptors (Lipinski definition) is 8. The van der Waals surface area contributed by atoms with Crippen LogP contribution in [0.25, 0.3) is 10.9 Å². The molecule has 1 fully saturated rings. The zero-order valence-electron chi connectivity index (χ0n) is 30.7. The predicted octanol–water partition coefficient (Wildman–Crippen LogP) is 8.42. The summed E-state index contributed by atoms with van der Waals surface area (Å²) in [4.78, 5) is 73.5. The normalized spacial score (nSPS) is 15.7. The Labute approximate surface area is 315 Å². The smallest absolute Gasteiger partial charge is 0.338 e. The van der Waals surface area contributed by atoms with Gasteiger partial charge in [0.25, 0.3) is 5.56 Å². The maximum Gasteiger partial charge on any atom is 0.338 e. The minimum Gasteiger partial charge on any atom is -0.462 e. The summed E-state index contributed by atoms with van der Waals surface area (Å²) in [5.41, 5.74) is -0.716. The number of cyclic esters (lactones) is 1. The molecule has 1 amide bonds. The Balaban J connectivity index is 1.38. The average molecular weight is 742 g/mol. The van der Waals surface area contributed by atoms with Gasteiger partial charge in [0.15, 0.2) is 11.4 Å². The van der Waals surface area contributed by atoms with Gasteiger partial charge in [-0.05, 0) is 56.2 Å². The van der Waals surface area contributed by atoms with Crippen LogP contribution in [0.1, 0.15) is 113 Å². The molecule has 0 aliphatic carbocycles. The van der Waals surface area contributed by atoms with Gasteiger partial charge < -0.3 is 14.8 Å². The largest absolute Gasteiger partial charge is 0.462 e. The van der Waals surface area contributed by atoms with E-state index in [4.69, 9.17) is 26.1 Å². The number of nitrogens with one attached hydrogen (secondary N) is 1. The van der Waals surface area contributed by atoms with Crippen LogP contribution in [0.4, 0.5) is 5.69 Å². The molecule has 0 radical (unpaired) electrons. The number of benzene rings is 3. The molecule has 1 aliphatic heterocycles. The molecule has 2 unspecified atom stereocenters. The Morgan fingerprint density at radius 3 is 2.19 bits per heavy atom. The van der Waals surface area contributed by atoms with Crippen molar-refractivity contribution >= 4 is 51.8 Å². The van der Waals surface area contributed by atoms with Crippen molar-refractivity contribution in [2.75, 3.05) is 11.9 Å². The summed E-state index contributed by atoms with van der Waals surface area (Å²) in [7, 11) is 0. The summed E-state index contributed by atoms with van der Waals surface area (Å²) in [6, 6.07) is 20.1. The number of unbranched alkanes of at least 4 members (excludes halogenated alkanes) is 9. The van der Waals surface area contributed by atoms with E-state index >= 15 is 0 Å². The molecule has 53 heavy (non-hydrogen) atoms. The van der Waals surface area contributed by atoms with Crippen LogP contribution in [-0.4, -0.2) is 45.4 Å². The molecule has 11 heteroatoms. The highest BCUT2D eigenvalue weighted by atomic mass is 35.5. The first kappa shape index (κ1) is 39.4. The molecule has 10 nitrogen and oxygen atoms in total. The van der Waals surface area contributed by atoms with Crippen LogP contribution in [0.3, 0.4) is 0 Å². The Morgan fingerprint density at radius 1 is 0.887 bits per heavy atom. The second-order valence-corrected chi connectivity index (χ2v) is 14.5. The molecule has 5 rings (SSSR count). The number of nitrogens with zero attached hydrogens (tertiary/aromatic N) is 2. The molecule has 1 aliphatic rings. The van der Waals surface area contributed by atoms with E-state index in [0.29, 0.717) is 5.39 Å². The number of ketones is 1. The number of carbonyl (C=O) groups excluding carboxylic acids is 4. The summed E-state index contributed by atoms with van der Waals surface area (Å²) >= 11 is 6.53. The highest BCUT2D eigenvalue weighted by molar-refractivity contribution is 6.34. The average Bonchev–Trinajstić information content (AvgIpc) is 3.34.